The number of hydrogen-bond acceptors (Lipinski definition) is 2. The summed E-state index contributed by atoms with van der Waals surface area (Å²) in [6.45, 7) is 4.24. The molecule has 0 aliphatic rings. The number of methoxy groups -OCH3 is 1. The summed E-state index contributed by atoms with van der Waals surface area (Å²) in [5, 5.41) is 0. The molecule has 2 heteroatoms. The highest BCUT2D eigenvalue weighted by atomic mass is 32.2. The molecule has 0 aromatic heterocycles. The van der Waals surface area contributed by atoms with Crippen molar-refractivity contribution in [2.24, 2.45) is 0 Å². The van der Waals surface area contributed by atoms with Crippen molar-refractivity contribution in [2.45, 2.75) is 18.7 Å². The predicted molar refractivity (Wildman–Crippen MR) is 54.1 cm³/mol. The van der Waals surface area contributed by atoms with E-state index in [2.05, 4.69) is 26.0 Å². The molecule has 0 heterocycles. The second kappa shape index (κ2) is 4.41. The van der Waals surface area contributed by atoms with Crippen LogP contribution in [-0.4, -0.2) is 12.9 Å². The lowest BCUT2D eigenvalue weighted by molar-refractivity contribution is 0.413. The first kappa shape index (κ1) is 9.46. The van der Waals surface area contributed by atoms with Crippen LogP contribution in [0.15, 0.2) is 23.1 Å². The van der Waals surface area contributed by atoms with Gasteiger partial charge < -0.3 is 4.74 Å². The summed E-state index contributed by atoms with van der Waals surface area (Å²) in [5.41, 5.74) is 1.25. The Labute approximate surface area is 78.1 Å². The Morgan fingerprint density at radius 3 is 2.67 bits per heavy atom. The Kier molecular flexibility index (Phi) is 3.48. The van der Waals surface area contributed by atoms with E-state index in [1.165, 1.54) is 10.5 Å². The molecule has 0 radical (unpaired) electrons. The van der Waals surface area contributed by atoms with E-state index in [0.29, 0.717) is 0 Å². The van der Waals surface area contributed by atoms with E-state index < -0.39 is 0 Å². The van der Waals surface area contributed by atoms with Gasteiger partial charge in [-0.1, -0.05) is 6.92 Å². The van der Waals surface area contributed by atoms with E-state index in [0.717, 1.165) is 11.5 Å². The number of rotatable bonds is 3. The van der Waals surface area contributed by atoms with Crippen molar-refractivity contribution in [2.75, 3.05) is 12.9 Å². The summed E-state index contributed by atoms with van der Waals surface area (Å²) in [5.74, 6) is 2.05. The van der Waals surface area contributed by atoms with Crippen LogP contribution >= 0.6 is 11.8 Å². The van der Waals surface area contributed by atoms with Crippen LogP contribution in [0.25, 0.3) is 0 Å². The first-order chi connectivity index (χ1) is 5.76. The molecule has 0 atom stereocenters. The van der Waals surface area contributed by atoms with Crippen LogP contribution in [-0.2, 0) is 0 Å². The molecule has 0 N–H and O–H groups in total. The molecule has 0 fully saturated rings. The molecular weight excluding hydrogens is 168 g/mol. The fraction of sp³-hybridized carbons (Fsp3) is 0.400. The minimum absolute atomic E-state index is 0.950. The molecule has 0 amide bonds. The molecule has 0 spiro atoms. The lowest BCUT2D eigenvalue weighted by Gasteiger charge is -2.04. The summed E-state index contributed by atoms with van der Waals surface area (Å²) in [6, 6.07) is 6.29. The molecule has 0 aliphatic carbocycles. The number of hydrogen-bond donors (Lipinski definition) is 0. The SMILES string of the molecule is CCSc1cc(C)cc(OC)c1. The molecule has 1 aromatic rings. The lowest BCUT2D eigenvalue weighted by Crippen LogP contribution is -1.84. The van der Waals surface area contributed by atoms with Gasteiger partial charge in [-0.2, -0.15) is 0 Å². The first-order valence-electron chi connectivity index (χ1n) is 4.04. The molecule has 0 unspecified atom stereocenters. The number of ether oxygens (including phenoxy) is 1. The van der Waals surface area contributed by atoms with E-state index >= 15 is 0 Å². The monoisotopic (exact) mass is 182 g/mol. The van der Waals surface area contributed by atoms with Gasteiger partial charge in [-0.3, -0.25) is 0 Å². The molecule has 1 rings (SSSR count). The van der Waals surface area contributed by atoms with Gasteiger partial charge in [0.25, 0.3) is 0 Å². The molecule has 0 saturated carbocycles. The Bertz CT molecular complexity index is 258. The van der Waals surface area contributed by atoms with Gasteiger partial charge in [0.05, 0.1) is 7.11 Å². The zero-order valence-electron chi connectivity index (χ0n) is 7.76. The Balaban J connectivity index is 2.90. The lowest BCUT2D eigenvalue weighted by atomic mass is 10.2. The third kappa shape index (κ3) is 2.45. The maximum Gasteiger partial charge on any atom is 0.120 e. The zero-order chi connectivity index (χ0) is 8.97. The molecule has 0 bridgehead atoms. The number of aryl methyl sites for hydroxylation is 1. The van der Waals surface area contributed by atoms with Crippen molar-refractivity contribution < 1.29 is 4.74 Å². The van der Waals surface area contributed by atoms with Crippen molar-refractivity contribution in [3.8, 4) is 5.75 Å². The second-order valence-corrected chi connectivity index (χ2v) is 3.96. The first-order valence-corrected chi connectivity index (χ1v) is 5.03. The Morgan fingerprint density at radius 1 is 1.33 bits per heavy atom. The molecule has 0 saturated heterocycles. The molecule has 1 aromatic carbocycles. The average Bonchev–Trinajstić information content (AvgIpc) is 2.04. The minimum Gasteiger partial charge on any atom is -0.497 e. The third-order valence-corrected chi connectivity index (χ3v) is 2.43. The van der Waals surface area contributed by atoms with Crippen LogP contribution in [0.4, 0.5) is 0 Å². The normalized spacial score (nSPS) is 9.92. The van der Waals surface area contributed by atoms with Crippen molar-refractivity contribution in [1.82, 2.24) is 0 Å². The molecule has 66 valence electrons. The maximum atomic E-state index is 5.17. The standard InChI is InChI=1S/C10H14OS/c1-4-12-10-6-8(2)5-9(7-10)11-3/h5-7H,4H2,1-3H3. The molecule has 1 nitrogen and oxygen atoms in total. The van der Waals surface area contributed by atoms with Gasteiger partial charge in [0.15, 0.2) is 0 Å². The van der Waals surface area contributed by atoms with Gasteiger partial charge in [0.1, 0.15) is 5.75 Å². The van der Waals surface area contributed by atoms with E-state index in [1.807, 2.05) is 17.8 Å². The second-order valence-electron chi connectivity index (χ2n) is 2.62. The zero-order valence-corrected chi connectivity index (χ0v) is 8.57. The summed E-state index contributed by atoms with van der Waals surface area (Å²) in [6.07, 6.45) is 0. The predicted octanol–water partition coefficient (Wildman–Crippen LogP) is 3.12. The van der Waals surface area contributed by atoms with Gasteiger partial charge in [0, 0.05) is 4.90 Å². The highest BCUT2D eigenvalue weighted by Gasteiger charge is 1.97. The minimum atomic E-state index is 0.950. The highest BCUT2D eigenvalue weighted by Crippen LogP contribution is 2.24. The fourth-order valence-electron chi connectivity index (χ4n) is 1.08. The van der Waals surface area contributed by atoms with E-state index in [9.17, 15) is 0 Å². The quantitative estimate of drug-likeness (QED) is 0.664. The van der Waals surface area contributed by atoms with E-state index in [1.54, 1.807) is 7.11 Å². The highest BCUT2D eigenvalue weighted by molar-refractivity contribution is 7.99. The third-order valence-electron chi connectivity index (χ3n) is 1.57. The van der Waals surface area contributed by atoms with Crippen LogP contribution in [0.3, 0.4) is 0 Å². The van der Waals surface area contributed by atoms with Crippen LogP contribution in [0, 0.1) is 6.92 Å². The van der Waals surface area contributed by atoms with Gasteiger partial charge in [-0.25, -0.2) is 0 Å². The van der Waals surface area contributed by atoms with Crippen molar-refractivity contribution in [3.63, 3.8) is 0 Å². The van der Waals surface area contributed by atoms with Gasteiger partial charge in [0.2, 0.25) is 0 Å². The van der Waals surface area contributed by atoms with Gasteiger partial charge in [-0.15, -0.1) is 11.8 Å². The smallest absolute Gasteiger partial charge is 0.120 e. The van der Waals surface area contributed by atoms with Gasteiger partial charge >= 0.3 is 0 Å². The van der Waals surface area contributed by atoms with Crippen LogP contribution in [0.1, 0.15) is 12.5 Å². The fourth-order valence-corrected chi connectivity index (χ4v) is 1.88. The van der Waals surface area contributed by atoms with E-state index in [4.69, 9.17) is 4.74 Å². The van der Waals surface area contributed by atoms with Crippen molar-refractivity contribution in [1.29, 1.82) is 0 Å². The summed E-state index contributed by atoms with van der Waals surface area (Å²) >= 11 is 1.84. The van der Waals surface area contributed by atoms with Crippen molar-refractivity contribution in [3.05, 3.63) is 23.8 Å². The molecular formula is C10H14OS. The van der Waals surface area contributed by atoms with Crippen LogP contribution < -0.4 is 4.74 Å². The van der Waals surface area contributed by atoms with Gasteiger partial charge in [-0.05, 0) is 36.4 Å². The topological polar surface area (TPSA) is 9.23 Å². The van der Waals surface area contributed by atoms with Crippen molar-refractivity contribution >= 4 is 11.8 Å². The summed E-state index contributed by atoms with van der Waals surface area (Å²) in [7, 11) is 1.70. The van der Waals surface area contributed by atoms with E-state index in [-0.39, 0.29) is 0 Å². The summed E-state index contributed by atoms with van der Waals surface area (Å²) in [4.78, 5) is 1.29. The number of benzene rings is 1. The maximum absolute atomic E-state index is 5.17. The number of thioether (sulfide) groups is 1. The average molecular weight is 182 g/mol. The Morgan fingerprint density at radius 2 is 2.08 bits per heavy atom. The Hall–Kier alpha value is -0.630. The summed E-state index contributed by atoms with van der Waals surface area (Å²) < 4.78 is 5.17. The van der Waals surface area contributed by atoms with Crippen LogP contribution in [0.5, 0.6) is 5.75 Å². The molecule has 12 heavy (non-hydrogen) atoms. The van der Waals surface area contributed by atoms with Crippen LogP contribution in [0.2, 0.25) is 0 Å². The molecule has 0 aliphatic heterocycles. The largest absolute Gasteiger partial charge is 0.497 e.